The van der Waals surface area contributed by atoms with Gasteiger partial charge in [-0.3, -0.25) is 0 Å². The highest BCUT2D eigenvalue weighted by Crippen LogP contribution is 2.23. The molecule has 1 fully saturated rings. The summed E-state index contributed by atoms with van der Waals surface area (Å²) in [7, 11) is 0. The summed E-state index contributed by atoms with van der Waals surface area (Å²) in [5, 5.41) is 8.80. The fraction of sp³-hybridized carbons (Fsp3) is 0.533. The van der Waals surface area contributed by atoms with Crippen molar-refractivity contribution in [1.82, 2.24) is 15.4 Å². The zero-order chi connectivity index (χ0) is 13.2. The van der Waals surface area contributed by atoms with Crippen LogP contribution in [0.1, 0.15) is 16.8 Å². The minimum Gasteiger partial charge on any atom is -0.356 e. The maximum absolute atomic E-state index is 5.44. The van der Waals surface area contributed by atoms with Gasteiger partial charge in [0.2, 0.25) is 0 Å². The molecule has 2 heterocycles. The van der Waals surface area contributed by atoms with Gasteiger partial charge in [-0.05, 0) is 37.1 Å². The van der Waals surface area contributed by atoms with Crippen molar-refractivity contribution in [1.29, 1.82) is 0 Å². The van der Waals surface area contributed by atoms with E-state index in [1.165, 1.54) is 16.5 Å². The van der Waals surface area contributed by atoms with E-state index in [2.05, 4.69) is 41.4 Å². The van der Waals surface area contributed by atoms with Crippen LogP contribution in [-0.2, 0) is 6.42 Å². The van der Waals surface area contributed by atoms with Crippen molar-refractivity contribution < 1.29 is 4.52 Å². The molecular weight excluding hydrogens is 238 g/mol. The number of piperazine rings is 1. The standard InChI is InChI=1S/C15H21N3O/c1-11-9-13-14(17-19-15(13)10-12(11)2)3-6-18-7-4-16-5-8-18/h9-10,16H,3-8H2,1-2H3. The van der Waals surface area contributed by atoms with Gasteiger partial charge >= 0.3 is 0 Å². The maximum Gasteiger partial charge on any atom is 0.167 e. The fourth-order valence-electron chi connectivity index (χ4n) is 2.62. The highest BCUT2D eigenvalue weighted by Gasteiger charge is 2.13. The van der Waals surface area contributed by atoms with E-state index in [9.17, 15) is 0 Å². The molecule has 4 nitrogen and oxygen atoms in total. The lowest BCUT2D eigenvalue weighted by atomic mass is 10.1. The molecular formula is C15H21N3O. The molecule has 3 rings (SSSR count). The zero-order valence-corrected chi connectivity index (χ0v) is 11.7. The summed E-state index contributed by atoms with van der Waals surface area (Å²) in [6.45, 7) is 9.77. The second-order valence-corrected chi connectivity index (χ2v) is 5.40. The second-order valence-electron chi connectivity index (χ2n) is 5.40. The normalized spacial score (nSPS) is 17.2. The first-order valence-electron chi connectivity index (χ1n) is 7.02. The van der Waals surface area contributed by atoms with Gasteiger partial charge in [-0.1, -0.05) is 5.16 Å². The molecule has 1 aliphatic heterocycles. The lowest BCUT2D eigenvalue weighted by Crippen LogP contribution is -2.44. The SMILES string of the molecule is Cc1cc2onc(CCN3CCNCC3)c2cc1C. The van der Waals surface area contributed by atoms with Gasteiger partial charge in [-0.15, -0.1) is 0 Å². The second kappa shape index (κ2) is 5.31. The van der Waals surface area contributed by atoms with E-state index in [0.717, 1.165) is 50.4 Å². The van der Waals surface area contributed by atoms with Gasteiger partial charge < -0.3 is 14.7 Å². The van der Waals surface area contributed by atoms with Crippen LogP contribution in [0, 0.1) is 13.8 Å². The number of nitrogens with zero attached hydrogens (tertiary/aromatic N) is 2. The lowest BCUT2D eigenvalue weighted by Gasteiger charge is -2.26. The summed E-state index contributed by atoms with van der Waals surface area (Å²) in [6.07, 6.45) is 0.968. The van der Waals surface area contributed by atoms with Crippen LogP contribution in [0.3, 0.4) is 0 Å². The summed E-state index contributed by atoms with van der Waals surface area (Å²) in [6, 6.07) is 4.29. The van der Waals surface area contributed by atoms with Crippen LogP contribution in [0.25, 0.3) is 11.0 Å². The van der Waals surface area contributed by atoms with Gasteiger partial charge in [0.25, 0.3) is 0 Å². The van der Waals surface area contributed by atoms with Crippen LogP contribution in [0.2, 0.25) is 0 Å². The highest BCUT2D eigenvalue weighted by atomic mass is 16.5. The third-order valence-corrected chi connectivity index (χ3v) is 4.04. The van der Waals surface area contributed by atoms with Crippen molar-refractivity contribution in [2.75, 3.05) is 32.7 Å². The third-order valence-electron chi connectivity index (χ3n) is 4.04. The summed E-state index contributed by atoms with van der Waals surface area (Å²) < 4.78 is 5.44. The van der Waals surface area contributed by atoms with Crippen LogP contribution in [0.15, 0.2) is 16.7 Å². The zero-order valence-electron chi connectivity index (χ0n) is 11.7. The number of benzene rings is 1. The highest BCUT2D eigenvalue weighted by molar-refractivity contribution is 5.81. The quantitative estimate of drug-likeness (QED) is 0.914. The van der Waals surface area contributed by atoms with E-state index in [0.29, 0.717) is 0 Å². The van der Waals surface area contributed by atoms with Crippen molar-refractivity contribution in [3.63, 3.8) is 0 Å². The largest absolute Gasteiger partial charge is 0.356 e. The molecule has 1 N–H and O–H groups in total. The van der Waals surface area contributed by atoms with E-state index in [1.807, 2.05) is 0 Å². The predicted molar refractivity (Wildman–Crippen MR) is 76.5 cm³/mol. The van der Waals surface area contributed by atoms with E-state index < -0.39 is 0 Å². The Kier molecular flexibility index (Phi) is 3.53. The molecule has 0 bridgehead atoms. The number of fused-ring (bicyclic) bond motifs is 1. The Morgan fingerprint density at radius 1 is 1.21 bits per heavy atom. The van der Waals surface area contributed by atoms with Crippen LogP contribution < -0.4 is 5.32 Å². The number of hydrogen-bond acceptors (Lipinski definition) is 4. The molecule has 2 aromatic rings. The molecule has 0 saturated carbocycles. The molecule has 19 heavy (non-hydrogen) atoms. The van der Waals surface area contributed by atoms with Crippen molar-refractivity contribution in [2.45, 2.75) is 20.3 Å². The number of hydrogen-bond donors (Lipinski definition) is 1. The van der Waals surface area contributed by atoms with E-state index >= 15 is 0 Å². The van der Waals surface area contributed by atoms with Gasteiger partial charge in [0, 0.05) is 44.5 Å². The number of nitrogens with one attached hydrogen (secondary N) is 1. The molecule has 0 radical (unpaired) electrons. The first kappa shape index (κ1) is 12.6. The van der Waals surface area contributed by atoms with Gasteiger partial charge in [0.05, 0.1) is 5.69 Å². The minimum absolute atomic E-state index is 0.915. The van der Waals surface area contributed by atoms with Crippen LogP contribution in [0.4, 0.5) is 0 Å². The first-order valence-corrected chi connectivity index (χ1v) is 7.02. The molecule has 1 aliphatic rings. The Hall–Kier alpha value is -1.39. The average molecular weight is 259 g/mol. The fourth-order valence-corrected chi connectivity index (χ4v) is 2.62. The summed E-state index contributed by atoms with van der Waals surface area (Å²) in [5.74, 6) is 0. The Bertz CT molecular complexity index is 570. The smallest absolute Gasteiger partial charge is 0.167 e. The number of aromatic nitrogens is 1. The molecule has 0 spiro atoms. The molecule has 0 amide bonds. The van der Waals surface area contributed by atoms with Crippen molar-refractivity contribution in [2.24, 2.45) is 0 Å². The molecule has 0 atom stereocenters. The van der Waals surface area contributed by atoms with Gasteiger partial charge in [0.15, 0.2) is 5.58 Å². The molecule has 4 heteroatoms. The Morgan fingerprint density at radius 3 is 2.74 bits per heavy atom. The van der Waals surface area contributed by atoms with Gasteiger partial charge in [0.1, 0.15) is 0 Å². The average Bonchev–Trinajstić information content (AvgIpc) is 2.80. The molecule has 102 valence electrons. The Balaban J connectivity index is 1.75. The van der Waals surface area contributed by atoms with Crippen molar-refractivity contribution >= 4 is 11.0 Å². The summed E-state index contributed by atoms with van der Waals surface area (Å²) in [5.41, 5.74) is 4.58. The van der Waals surface area contributed by atoms with Gasteiger partial charge in [-0.25, -0.2) is 0 Å². The van der Waals surface area contributed by atoms with Crippen LogP contribution in [0.5, 0.6) is 0 Å². The lowest BCUT2D eigenvalue weighted by molar-refractivity contribution is 0.242. The molecule has 0 unspecified atom stereocenters. The summed E-state index contributed by atoms with van der Waals surface area (Å²) >= 11 is 0. The molecule has 1 saturated heterocycles. The first-order chi connectivity index (χ1) is 9.24. The Morgan fingerprint density at radius 2 is 1.95 bits per heavy atom. The monoisotopic (exact) mass is 259 g/mol. The number of aryl methyl sites for hydroxylation is 2. The van der Waals surface area contributed by atoms with Crippen LogP contribution >= 0.6 is 0 Å². The van der Waals surface area contributed by atoms with Crippen molar-refractivity contribution in [3.8, 4) is 0 Å². The molecule has 0 aliphatic carbocycles. The maximum atomic E-state index is 5.44. The van der Waals surface area contributed by atoms with Gasteiger partial charge in [-0.2, -0.15) is 0 Å². The Labute approximate surface area is 113 Å². The predicted octanol–water partition coefficient (Wildman–Crippen LogP) is 1.89. The summed E-state index contributed by atoms with van der Waals surface area (Å²) in [4.78, 5) is 2.48. The topological polar surface area (TPSA) is 41.3 Å². The number of rotatable bonds is 3. The molecule has 1 aromatic carbocycles. The van der Waals surface area contributed by atoms with Crippen LogP contribution in [-0.4, -0.2) is 42.8 Å². The third kappa shape index (κ3) is 2.65. The van der Waals surface area contributed by atoms with Crippen molar-refractivity contribution in [3.05, 3.63) is 29.0 Å². The van der Waals surface area contributed by atoms with E-state index in [1.54, 1.807) is 0 Å². The van der Waals surface area contributed by atoms with E-state index in [4.69, 9.17) is 4.52 Å². The minimum atomic E-state index is 0.915. The molecule has 1 aromatic heterocycles. The van der Waals surface area contributed by atoms with E-state index in [-0.39, 0.29) is 0 Å².